The summed E-state index contributed by atoms with van der Waals surface area (Å²) >= 11 is 0. The molecule has 1 unspecified atom stereocenters. The molecule has 1 aromatic heterocycles. The number of nitrogens with zero attached hydrogens (tertiary/aromatic N) is 2. The second kappa shape index (κ2) is 6.75. The zero-order valence-electron chi connectivity index (χ0n) is 15.1. The van der Waals surface area contributed by atoms with Gasteiger partial charge in [0.05, 0.1) is 13.0 Å². The van der Waals surface area contributed by atoms with E-state index >= 15 is 0 Å². The molecule has 27 heavy (non-hydrogen) atoms. The molecule has 0 radical (unpaired) electrons. The third kappa shape index (κ3) is 3.36. The average Bonchev–Trinajstić information content (AvgIpc) is 3.23. The molecule has 1 aliphatic rings. The fourth-order valence-corrected chi connectivity index (χ4v) is 3.25. The fourth-order valence-electron chi connectivity index (χ4n) is 3.25. The molecule has 3 aromatic rings. The van der Waals surface area contributed by atoms with Gasteiger partial charge in [-0.15, -0.1) is 0 Å². The quantitative estimate of drug-likeness (QED) is 0.768. The first-order chi connectivity index (χ1) is 13.0. The maximum absolute atomic E-state index is 12.6. The van der Waals surface area contributed by atoms with Crippen molar-refractivity contribution in [2.45, 2.75) is 13.3 Å². The zero-order chi connectivity index (χ0) is 19.0. The molecular formula is C20H19N3O4. The Morgan fingerprint density at radius 1 is 1.26 bits per heavy atom. The van der Waals surface area contributed by atoms with Gasteiger partial charge < -0.3 is 19.4 Å². The minimum Gasteiger partial charge on any atom is -0.497 e. The number of benzene rings is 2. The molecule has 2 heterocycles. The number of nitrogens with one attached hydrogen (secondary N) is 1. The highest BCUT2D eigenvalue weighted by Crippen LogP contribution is 2.29. The van der Waals surface area contributed by atoms with Crippen LogP contribution < -0.4 is 15.0 Å². The van der Waals surface area contributed by atoms with Crippen LogP contribution in [0.25, 0.3) is 11.1 Å². The Hall–Kier alpha value is -3.35. The summed E-state index contributed by atoms with van der Waals surface area (Å²) in [5.74, 6) is 0.633. The van der Waals surface area contributed by atoms with Crippen molar-refractivity contribution in [2.24, 2.45) is 5.92 Å². The summed E-state index contributed by atoms with van der Waals surface area (Å²) in [6.45, 7) is 2.11. The van der Waals surface area contributed by atoms with Gasteiger partial charge in [-0.25, -0.2) is 4.98 Å². The molecule has 1 saturated heterocycles. The normalized spacial score (nSPS) is 16.7. The van der Waals surface area contributed by atoms with Crippen LogP contribution in [0.3, 0.4) is 0 Å². The van der Waals surface area contributed by atoms with Crippen LogP contribution in [0.5, 0.6) is 5.75 Å². The molecule has 0 spiro atoms. The second-order valence-electron chi connectivity index (χ2n) is 6.51. The zero-order valence-corrected chi connectivity index (χ0v) is 15.1. The molecule has 1 N–H and O–H groups in total. The van der Waals surface area contributed by atoms with Crippen molar-refractivity contribution < 1.29 is 18.7 Å². The molecule has 0 aliphatic carbocycles. The van der Waals surface area contributed by atoms with Gasteiger partial charge in [-0.2, -0.15) is 0 Å². The number of fused-ring (bicyclic) bond motifs is 1. The van der Waals surface area contributed by atoms with Gasteiger partial charge in [0.15, 0.2) is 11.5 Å². The lowest BCUT2D eigenvalue weighted by molar-refractivity contribution is -0.122. The van der Waals surface area contributed by atoms with Gasteiger partial charge in [-0.05, 0) is 42.5 Å². The van der Waals surface area contributed by atoms with Crippen LogP contribution in [-0.4, -0.2) is 30.5 Å². The molecule has 1 aliphatic heterocycles. The number of hydrogen-bond acceptors (Lipinski definition) is 5. The number of ether oxygens (including phenoxy) is 1. The maximum atomic E-state index is 12.6. The van der Waals surface area contributed by atoms with Crippen LogP contribution >= 0.6 is 0 Å². The van der Waals surface area contributed by atoms with E-state index in [0.29, 0.717) is 35.0 Å². The first-order valence-electron chi connectivity index (χ1n) is 8.66. The lowest BCUT2D eigenvalue weighted by atomic mass is 10.1. The van der Waals surface area contributed by atoms with E-state index in [1.54, 1.807) is 49.3 Å². The number of methoxy groups -OCH3 is 1. The van der Waals surface area contributed by atoms with Gasteiger partial charge in [0.2, 0.25) is 11.8 Å². The first-order valence-corrected chi connectivity index (χ1v) is 8.66. The highest BCUT2D eigenvalue weighted by atomic mass is 16.5. The Bertz CT molecular complexity index is 1010. The lowest BCUT2D eigenvalue weighted by Gasteiger charge is -2.16. The summed E-state index contributed by atoms with van der Waals surface area (Å²) in [7, 11) is 1.59. The average molecular weight is 365 g/mol. The molecule has 138 valence electrons. The van der Waals surface area contributed by atoms with Crippen molar-refractivity contribution in [2.75, 3.05) is 23.9 Å². The van der Waals surface area contributed by atoms with Gasteiger partial charge in [-0.1, -0.05) is 0 Å². The fraction of sp³-hybridized carbons (Fsp3) is 0.250. The minimum absolute atomic E-state index is 0.0792. The van der Waals surface area contributed by atoms with Crippen molar-refractivity contribution in [1.82, 2.24) is 4.98 Å². The largest absolute Gasteiger partial charge is 0.497 e. The first kappa shape index (κ1) is 17.1. The van der Waals surface area contributed by atoms with Crippen LogP contribution in [0.15, 0.2) is 46.9 Å². The van der Waals surface area contributed by atoms with Crippen molar-refractivity contribution in [3.63, 3.8) is 0 Å². The Morgan fingerprint density at radius 2 is 2.04 bits per heavy atom. The predicted octanol–water partition coefficient (Wildman–Crippen LogP) is 3.14. The molecular weight excluding hydrogens is 346 g/mol. The highest BCUT2D eigenvalue weighted by molar-refractivity contribution is 6.04. The van der Waals surface area contributed by atoms with Gasteiger partial charge >= 0.3 is 0 Å². The number of carbonyl (C=O) groups is 2. The smallest absolute Gasteiger partial charge is 0.229 e. The maximum Gasteiger partial charge on any atom is 0.229 e. The van der Waals surface area contributed by atoms with E-state index in [1.807, 2.05) is 12.1 Å². The minimum atomic E-state index is -0.408. The van der Waals surface area contributed by atoms with Crippen molar-refractivity contribution in [3.05, 3.63) is 48.4 Å². The Morgan fingerprint density at radius 3 is 2.78 bits per heavy atom. The van der Waals surface area contributed by atoms with E-state index < -0.39 is 5.92 Å². The Balaban J connectivity index is 1.47. The van der Waals surface area contributed by atoms with E-state index in [-0.39, 0.29) is 18.2 Å². The molecule has 7 heteroatoms. The topological polar surface area (TPSA) is 84.7 Å². The molecule has 2 amide bonds. The number of anilines is 2. The summed E-state index contributed by atoms with van der Waals surface area (Å²) in [6, 6.07) is 12.5. The van der Waals surface area contributed by atoms with E-state index in [1.165, 1.54) is 0 Å². The predicted molar refractivity (Wildman–Crippen MR) is 101 cm³/mol. The standard InChI is InChI=1S/C20H19N3O4/c1-12-21-17-10-15(5-8-18(17)27-12)23-11-13(9-19(23)24)20(25)22-14-3-6-16(26-2)7-4-14/h3-8,10,13H,9,11H2,1-2H3,(H,22,25). The van der Waals surface area contributed by atoms with Gasteiger partial charge in [-0.3, -0.25) is 9.59 Å². The summed E-state index contributed by atoms with van der Waals surface area (Å²) in [5.41, 5.74) is 2.77. The number of amides is 2. The molecule has 0 bridgehead atoms. The van der Waals surface area contributed by atoms with Gasteiger partial charge in [0.25, 0.3) is 0 Å². The van der Waals surface area contributed by atoms with Crippen LogP contribution in [0, 0.1) is 12.8 Å². The number of hydrogen-bond donors (Lipinski definition) is 1. The van der Waals surface area contributed by atoms with E-state index in [9.17, 15) is 9.59 Å². The molecule has 4 rings (SSSR count). The number of oxazole rings is 1. The van der Waals surface area contributed by atoms with Crippen LogP contribution in [-0.2, 0) is 9.59 Å². The van der Waals surface area contributed by atoms with Crippen molar-refractivity contribution in [3.8, 4) is 5.75 Å². The number of aryl methyl sites for hydroxylation is 1. The molecule has 2 aromatic carbocycles. The van der Waals surface area contributed by atoms with Crippen molar-refractivity contribution in [1.29, 1.82) is 0 Å². The summed E-state index contributed by atoms with van der Waals surface area (Å²) in [4.78, 5) is 30.9. The molecule has 1 fully saturated rings. The Labute approximate surface area is 155 Å². The third-order valence-corrected chi connectivity index (χ3v) is 4.64. The third-order valence-electron chi connectivity index (χ3n) is 4.64. The van der Waals surface area contributed by atoms with Crippen LogP contribution in [0.4, 0.5) is 11.4 Å². The highest BCUT2D eigenvalue weighted by Gasteiger charge is 2.35. The molecule has 7 nitrogen and oxygen atoms in total. The van der Waals surface area contributed by atoms with Gasteiger partial charge in [0, 0.05) is 31.3 Å². The lowest BCUT2D eigenvalue weighted by Crippen LogP contribution is -2.28. The second-order valence-corrected chi connectivity index (χ2v) is 6.51. The van der Waals surface area contributed by atoms with Crippen molar-refractivity contribution >= 4 is 34.3 Å². The Kier molecular flexibility index (Phi) is 4.27. The number of carbonyl (C=O) groups excluding carboxylic acids is 2. The SMILES string of the molecule is COc1ccc(NC(=O)C2CC(=O)N(c3ccc4oc(C)nc4c3)C2)cc1. The summed E-state index contributed by atoms with van der Waals surface area (Å²) < 4.78 is 10.6. The van der Waals surface area contributed by atoms with Gasteiger partial charge in [0.1, 0.15) is 11.3 Å². The molecule has 1 atom stereocenters. The number of aromatic nitrogens is 1. The van der Waals surface area contributed by atoms with E-state index in [0.717, 1.165) is 5.69 Å². The van der Waals surface area contributed by atoms with E-state index in [4.69, 9.17) is 9.15 Å². The monoisotopic (exact) mass is 365 g/mol. The molecule has 0 saturated carbocycles. The van der Waals surface area contributed by atoms with Crippen LogP contribution in [0.1, 0.15) is 12.3 Å². The summed E-state index contributed by atoms with van der Waals surface area (Å²) in [6.07, 6.45) is 0.178. The number of rotatable bonds is 4. The summed E-state index contributed by atoms with van der Waals surface area (Å²) in [5, 5.41) is 2.86. The van der Waals surface area contributed by atoms with Crippen LogP contribution in [0.2, 0.25) is 0 Å². The van der Waals surface area contributed by atoms with E-state index in [2.05, 4.69) is 10.3 Å².